The van der Waals surface area contributed by atoms with Gasteiger partial charge in [-0.1, -0.05) is 12.1 Å². The zero-order chi connectivity index (χ0) is 15.7. The van der Waals surface area contributed by atoms with Crippen molar-refractivity contribution in [3.05, 3.63) is 27.1 Å². The van der Waals surface area contributed by atoms with Gasteiger partial charge in [0.15, 0.2) is 0 Å². The van der Waals surface area contributed by atoms with E-state index < -0.39 is 0 Å². The molecule has 0 fully saturated rings. The number of rotatable bonds is 4. The minimum absolute atomic E-state index is 0.116. The smallest absolute Gasteiger partial charge is 0.261 e. The molecule has 8 heteroatoms. The van der Waals surface area contributed by atoms with Crippen molar-refractivity contribution in [3.8, 4) is 0 Å². The Kier molecular flexibility index (Phi) is 3.93. The van der Waals surface area contributed by atoms with E-state index >= 15 is 0 Å². The molecule has 1 amide bonds. The van der Waals surface area contributed by atoms with Crippen LogP contribution in [0.1, 0.15) is 35.0 Å². The monoisotopic (exact) mass is 320 g/mol. The number of thiophene rings is 1. The zero-order valence-corrected chi connectivity index (χ0v) is 13.1. The molecule has 0 aromatic carbocycles. The molecule has 0 spiro atoms. The van der Waals surface area contributed by atoms with Crippen molar-refractivity contribution >= 4 is 33.2 Å². The Labute approximate surface area is 130 Å². The lowest BCUT2D eigenvalue weighted by Gasteiger charge is -2.09. The van der Waals surface area contributed by atoms with Crippen LogP contribution >= 0.6 is 11.3 Å². The van der Waals surface area contributed by atoms with Crippen LogP contribution in [0.3, 0.4) is 0 Å². The van der Waals surface area contributed by atoms with Gasteiger partial charge in [0.2, 0.25) is 0 Å². The number of aromatic amines is 1. The third kappa shape index (κ3) is 2.61. The average Bonchev–Trinajstić information content (AvgIpc) is 3.10. The second kappa shape index (κ2) is 5.88. The van der Waals surface area contributed by atoms with Crippen LogP contribution in [0.2, 0.25) is 0 Å². The number of hydrogen-bond acceptors (Lipinski definition) is 6. The van der Waals surface area contributed by atoms with Crippen LogP contribution in [0.4, 0.5) is 0 Å². The molecule has 116 valence electrons. The quantitative estimate of drug-likeness (QED) is 0.894. The van der Waals surface area contributed by atoms with Crippen molar-refractivity contribution in [1.82, 2.24) is 15.3 Å². The number of carbonyl (C=O) groups excluding carboxylic acids is 1. The number of nitrogens with one attached hydrogen (secondary N) is 2. The van der Waals surface area contributed by atoms with Crippen LogP contribution < -0.4 is 10.9 Å². The lowest BCUT2D eigenvalue weighted by molar-refractivity contribution is 0.0755. The van der Waals surface area contributed by atoms with Gasteiger partial charge in [0.25, 0.3) is 11.5 Å². The lowest BCUT2D eigenvalue weighted by Crippen LogP contribution is -2.32. The van der Waals surface area contributed by atoms with E-state index in [0.29, 0.717) is 27.2 Å². The Morgan fingerprint density at radius 2 is 2.41 bits per heavy atom. The second-order valence-corrected chi connectivity index (χ2v) is 6.12. The number of amides is 1. The highest BCUT2D eigenvalue weighted by atomic mass is 32.1. The maximum Gasteiger partial charge on any atom is 0.261 e. The molecule has 0 radical (unpaired) electrons. The summed E-state index contributed by atoms with van der Waals surface area (Å²) in [5.41, 5.74) is 1.44. The number of hydrogen-bond donors (Lipinski definition) is 2. The summed E-state index contributed by atoms with van der Waals surface area (Å²) in [7, 11) is 0. The first-order valence-electron chi connectivity index (χ1n) is 7.06. The fourth-order valence-electron chi connectivity index (χ4n) is 2.39. The normalized spacial score (nSPS) is 17.4. The molecule has 22 heavy (non-hydrogen) atoms. The van der Waals surface area contributed by atoms with Gasteiger partial charge in [0.1, 0.15) is 10.9 Å². The molecule has 1 atom stereocenters. The largest absolute Gasteiger partial charge is 0.390 e. The molecule has 3 heterocycles. The minimum Gasteiger partial charge on any atom is -0.390 e. The van der Waals surface area contributed by atoms with Crippen molar-refractivity contribution in [2.75, 3.05) is 6.54 Å². The Morgan fingerprint density at radius 1 is 1.59 bits per heavy atom. The Morgan fingerprint density at radius 3 is 3.09 bits per heavy atom. The van der Waals surface area contributed by atoms with Gasteiger partial charge in [0.05, 0.1) is 28.8 Å². The standard InChI is InChI=1S/C14H16N4O3S/c1-3-8-4-9(21-18-8)5-15-13(20)11-7(2)10-12(19)16-6-17-14(10)22-11/h6,9H,3-5H2,1-2H3,(H,15,20)(H,16,17,19). The first kappa shape index (κ1) is 14.7. The van der Waals surface area contributed by atoms with Gasteiger partial charge in [0, 0.05) is 6.42 Å². The maximum atomic E-state index is 12.3. The van der Waals surface area contributed by atoms with Crippen LogP contribution in [-0.2, 0) is 4.84 Å². The van der Waals surface area contributed by atoms with E-state index in [-0.39, 0.29) is 17.6 Å². The molecule has 0 saturated carbocycles. The molecule has 0 aliphatic carbocycles. The summed E-state index contributed by atoms with van der Waals surface area (Å²) in [6.45, 7) is 4.17. The highest BCUT2D eigenvalue weighted by Gasteiger charge is 2.22. The molecule has 7 nitrogen and oxygen atoms in total. The summed E-state index contributed by atoms with van der Waals surface area (Å²) < 4.78 is 0. The Bertz CT molecular complexity index is 808. The predicted octanol–water partition coefficient (Wildman–Crippen LogP) is 1.58. The fourth-order valence-corrected chi connectivity index (χ4v) is 3.45. The highest BCUT2D eigenvalue weighted by molar-refractivity contribution is 7.20. The second-order valence-electron chi connectivity index (χ2n) is 5.12. The summed E-state index contributed by atoms with van der Waals surface area (Å²) >= 11 is 1.22. The maximum absolute atomic E-state index is 12.3. The summed E-state index contributed by atoms with van der Waals surface area (Å²) in [6, 6.07) is 0. The van der Waals surface area contributed by atoms with Crippen molar-refractivity contribution in [1.29, 1.82) is 0 Å². The van der Waals surface area contributed by atoms with Crippen molar-refractivity contribution in [3.63, 3.8) is 0 Å². The van der Waals surface area contributed by atoms with Gasteiger partial charge in [-0.25, -0.2) is 4.98 Å². The van der Waals surface area contributed by atoms with E-state index in [1.54, 1.807) is 6.92 Å². The first-order valence-corrected chi connectivity index (χ1v) is 7.88. The van der Waals surface area contributed by atoms with Gasteiger partial charge < -0.3 is 15.1 Å². The van der Waals surface area contributed by atoms with Crippen LogP contribution in [0, 0.1) is 6.92 Å². The lowest BCUT2D eigenvalue weighted by atomic mass is 10.1. The third-order valence-electron chi connectivity index (χ3n) is 3.63. The molecule has 1 unspecified atom stereocenters. The highest BCUT2D eigenvalue weighted by Crippen LogP contribution is 2.26. The van der Waals surface area contributed by atoms with E-state index in [9.17, 15) is 9.59 Å². The van der Waals surface area contributed by atoms with E-state index in [0.717, 1.165) is 18.6 Å². The van der Waals surface area contributed by atoms with E-state index in [2.05, 4.69) is 20.4 Å². The number of oxime groups is 1. The summed E-state index contributed by atoms with van der Waals surface area (Å²) in [6.07, 6.45) is 2.82. The summed E-state index contributed by atoms with van der Waals surface area (Å²) in [4.78, 5) is 37.1. The fraction of sp³-hybridized carbons (Fsp3) is 0.429. The number of aromatic nitrogens is 2. The summed E-state index contributed by atoms with van der Waals surface area (Å²) in [5, 5.41) is 7.28. The predicted molar refractivity (Wildman–Crippen MR) is 84.5 cm³/mol. The number of fused-ring (bicyclic) bond motifs is 1. The van der Waals surface area contributed by atoms with Crippen LogP contribution in [0.5, 0.6) is 0 Å². The van der Waals surface area contributed by atoms with Gasteiger partial charge in [-0.3, -0.25) is 9.59 Å². The summed E-state index contributed by atoms with van der Waals surface area (Å²) in [5.74, 6) is -0.214. The Hall–Kier alpha value is -2.22. The molecule has 1 aliphatic heterocycles. The van der Waals surface area contributed by atoms with Crippen molar-refractivity contribution in [2.24, 2.45) is 5.16 Å². The average molecular weight is 320 g/mol. The van der Waals surface area contributed by atoms with Crippen LogP contribution in [0.15, 0.2) is 16.3 Å². The van der Waals surface area contributed by atoms with E-state index in [1.165, 1.54) is 17.7 Å². The molecule has 1 aliphatic rings. The number of aryl methyl sites for hydroxylation is 1. The molecule has 2 aromatic rings. The van der Waals surface area contributed by atoms with E-state index in [1.807, 2.05) is 6.92 Å². The van der Waals surface area contributed by atoms with Gasteiger partial charge >= 0.3 is 0 Å². The molecule has 2 aromatic heterocycles. The SMILES string of the molecule is CCC1=NOC(CNC(=O)c2sc3nc[nH]c(=O)c3c2C)C1. The zero-order valence-electron chi connectivity index (χ0n) is 12.3. The van der Waals surface area contributed by atoms with Crippen molar-refractivity contribution in [2.45, 2.75) is 32.8 Å². The van der Waals surface area contributed by atoms with Crippen LogP contribution in [-0.4, -0.2) is 34.2 Å². The molecular formula is C14H16N4O3S. The topological polar surface area (TPSA) is 96.4 Å². The van der Waals surface area contributed by atoms with E-state index in [4.69, 9.17) is 4.84 Å². The van der Waals surface area contributed by atoms with Gasteiger partial charge in [-0.2, -0.15) is 0 Å². The van der Waals surface area contributed by atoms with Crippen molar-refractivity contribution < 1.29 is 9.63 Å². The first-order chi connectivity index (χ1) is 10.6. The van der Waals surface area contributed by atoms with Gasteiger partial charge in [-0.05, 0) is 18.9 Å². The number of H-pyrrole nitrogens is 1. The molecule has 3 rings (SSSR count). The molecule has 0 bridgehead atoms. The molecule has 2 N–H and O–H groups in total. The minimum atomic E-state index is -0.224. The third-order valence-corrected chi connectivity index (χ3v) is 4.83. The molecular weight excluding hydrogens is 304 g/mol. The molecule has 0 saturated heterocycles. The van der Waals surface area contributed by atoms with Gasteiger partial charge in [-0.15, -0.1) is 11.3 Å². The number of nitrogens with zero attached hydrogens (tertiary/aromatic N) is 2. The Balaban J connectivity index is 1.72. The van der Waals surface area contributed by atoms with Crippen LogP contribution in [0.25, 0.3) is 10.2 Å². The number of carbonyl (C=O) groups is 1.